The van der Waals surface area contributed by atoms with Crippen molar-refractivity contribution in [1.82, 2.24) is 9.88 Å². The molecular formula is C28H22Cl2F5N3O. The molecule has 5 rings (SSSR count). The van der Waals surface area contributed by atoms with E-state index in [1.165, 1.54) is 35.2 Å². The molecule has 39 heavy (non-hydrogen) atoms. The van der Waals surface area contributed by atoms with Crippen LogP contribution >= 0.6 is 23.2 Å². The summed E-state index contributed by atoms with van der Waals surface area (Å²) >= 11 is 12.0. The number of benzene rings is 2. The minimum Gasteiger partial charge on any atom is -0.307 e. The smallest absolute Gasteiger partial charge is 0.307 e. The first-order chi connectivity index (χ1) is 18.4. The quantitative estimate of drug-likeness (QED) is 0.238. The molecular weight excluding hydrogens is 560 g/mol. The lowest BCUT2D eigenvalue weighted by molar-refractivity contribution is -0.137. The molecule has 0 unspecified atom stereocenters. The van der Waals surface area contributed by atoms with Gasteiger partial charge in [0.1, 0.15) is 21.9 Å². The van der Waals surface area contributed by atoms with Crippen LogP contribution in [0.1, 0.15) is 39.9 Å². The Hall–Kier alpha value is -3.01. The number of anilines is 1. The molecule has 2 aromatic carbocycles. The standard InChI is InChI=1S/C28H22Cl2F5N3O/c29-24-12-18(13-25(30)36-24)26(39)38-16-27(21-14-19(28(33,34)35)4-6-23(21)38)7-10-37(11-8-27)9-1-2-17-3-5-20(31)15-22(17)32/h1-6,12-15H,7-11,16H2/b2-1+. The number of nitrogens with zero attached hydrogens (tertiary/aromatic N) is 3. The molecule has 0 atom stereocenters. The van der Waals surface area contributed by atoms with Crippen LogP contribution in [0.5, 0.6) is 0 Å². The van der Waals surface area contributed by atoms with Crippen LogP contribution in [0.25, 0.3) is 6.08 Å². The molecule has 3 aromatic rings. The van der Waals surface area contributed by atoms with E-state index in [-0.39, 0.29) is 28.0 Å². The molecule has 11 heteroatoms. The van der Waals surface area contributed by atoms with Gasteiger partial charge in [0.05, 0.1) is 5.56 Å². The highest BCUT2D eigenvalue weighted by Gasteiger charge is 2.47. The number of aromatic nitrogens is 1. The van der Waals surface area contributed by atoms with Crippen molar-refractivity contribution >= 4 is 40.9 Å². The Morgan fingerprint density at radius 1 is 1.00 bits per heavy atom. The highest BCUT2D eigenvalue weighted by molar-refractivity contribution is 6.33. The summed E-state index contributed by atoms with van der Waals surface area (Å²) in [6.07, 6.45) is -0.152. The van der Waals surface area contributed by atoms with Gasteiger partial charge in [0.25, 0.3) is 5.91 Å². The van der Waals surface area contributed by atoms with Crippen LogP contribution in [0, 0.1) is 11.6 Å². The molecule has 1 spiro atoms. The largest absolute Gasteiger partial charge is 0.416 e. The van der Waals surface area contributed by atoms with Gasteiger partial charge in [-0.1, -0.05) is 35.4 Å². The first-order valence-electron chi connectivity index (χ1n) is 12.2. The van der Waals surface area contributed by atoms with Gasteiger partial charge in [-0.25, -0.2) is 13.8 Å². The van der Waals surface area contributed by atoms with Crippen molar-refractivity contribution in [3.05, 3.63) is 98.8 Å². The number of pyridine rings is 1. The van der Waals surface area contributed by atoms with Crippen LogP contribution in [-0.4, -0.2) is 42.0 Å². The van der Waals surface area contributed by atoms with E-state index in [2.05, 4.69) is 9.88 Å². The Balaban J connectivity index is 1.38. The maximum absolute atomic E-state index is 13.9. The van der Waals surface area contributed by atoms with Gasteiger partial charge in [0, 0.05) is 41.4 Å². The first-order valence-corrected chi connectivity index (χ1v) is 12.9. The number of amides is 1. The average Bonchev–Trinajstić information content (AvgIpc) is 3.18. The summed E-state index contributed by atoms with van der Waals surface area (Å²) in [5.74, 6) is -1.74. The molecule has 0 aliphatic carbocycles. The minimum atomic E-state index is -4.53. The van der Waals surface area contributed by atoms with Crippen LogP contribution in [-0.2, 0) is 11.6 Å². The Labute approximate surface area is 231 Å². The fraction of sp³-hybridized carbons (Fsp3) is 0.286. The third kappa shape index (κ3) is 5.66. The van der Waals surface area contributed by atoms with E-state index in [1.54, 1.807) is 12.2 Å². The Morgan fingerprint density at radius 2 is 1.69 bits per heavy atom. The number of halogens is 7. The normalized spacial score (nSPS) is 17.3. The summed E-state index contributed by atoms with van der Waals surface area (Å²) in [7, 11) is 0. The summed E-state index contributed by atoms with van der Waals surface area (Å²) in [5.41, 5.74) is -0.0663. The summed E-state index contributed by atoms with van der Waals surface area (Å²) < 4.78 is 67.9. The Bertz CT molecular complexity index is 1430. The van der Waals surface area contributed by atoms with E-state index >= 15 is 0 Å². The zero-order valence-corrected chi connectivity index (χ0v) is 21.9. The van der Waals surface area contributed by atoms with E-state index in [1.807, 2.05) is 0 Å². The van der Waals surface area contributed by atoms with Crippen LogP contribution in [0.15, 0.2) is 54.6 Å². The molecule has 2 aliphatic heterocycles. The predicted octanol–water partition coefficient (Wildman–Crippen LogP) is 7.39. The molecule has 0 radical (unpaired) electrons. The highest BCUT2D eigenvalue weighted by atomic mass is 35.5. The number of rotatable bonds is 4. The van der Waals surface area contributed by atoms with Crippen LogP contribution < -0.4 is 4.90 Å². The fourth-order valence-electron chi connectivity index (χ4n) is 5.33. The molecule has 1 aromatic heterocycles. The van der Waals surface area contributed by atoms with Gasteiger partial charge in [-0.05, 0) is 74.0 Å². The molecule has 0 saturated carbocycles. The Kier molecular flexibility index (Phi) is 7.43. The van der Waals surface area contributed by atoms with Crippen molar-refractivity contribution in [2.75, 3.05) is 31.1 Å². The number of fused-ring (bicyclic) bond motifs is 2. The molecule has 4 nitrogen and oxygen atoms in total. The van der Waals surface area contributed by atoms with Crippen molar-refractivity contribution in [1.29, 1.82) is 0 Å². The van der Waals surface area contributed by atoms with E-state index in [4.69, 9.17) is 23.2 Å². The number of piperidine rings is 1. The highest BCUT2D eigenvalue weighted by Crippen LogP contribution is 2.49. The van der Waals surface area contributed by atoms with E-state index < -0.39 is 34.7 Å². The van der Waals surface area contributed by atoms with Crippen molar-refractivity contribution in [3.63, 3.8) is 0 Å². The summed E-state index contributed by atoms with van der Waals surface area (Å²) in [5, 5.41) is 0.0727. The maximum atomic E-state index is 13.9. The number of carbonyl (C=O) groups is 1. The van der Waals surface area contributed by atoms with Gasteiger partial charge < -0.3 is 4.90 Å². The van der Waals surface area contributed by atoms with Gasteiger partial charge in [-0.15, -0.1) is 0 Å². The zero-order chi connectivity index (χ0) is 27.9. The van der Waals surface area contributed by atoms with Gasteiger partial charge in [-0.3, -0.25) is 9.69 Å². The summed E-state index contributed by atoms with van der Waals surface area (Å²) in [4.78, 5) is 20.9. The number of hydrogen-bond donors (Lipinski definition) is 0. The van der Waals surface area contributed by atoms with Crippen molar-refractivity contribution in [2.45, 2.75) is 24.4 Å². The van der Waals surface area contributed by atoms with Crippen LogP contribution in [0.3, 0.4) is 0 Å². The lowest BCUT2D eigenvalue weighted by atomic mass is 9.74. The second-order valence-electron chi connectivity index (χ2n) is 9.77. The second-order valence-corrected chi connectivity index (χ2v) is 10.5. The first kappa shape index (κ1) is 27.6. The number of alkyl halides is 3. The maximum Gasteiger partial charge on any atom is 0.416 e. The number of likely N-dealkylation sites (tertiary alicyclic amines) is 1. The lowest BCUT2D eigenvalue weighted by Gasteiger charge is -2.39. The van der Waals surface area contributed by atoms with Crippen molar-refractivity contribution in [2.24, 2.45) is 0 Å². The molecule has 204 valence electrons. The molecule has 2 aliphatic rings. The van der Waals surface area contributed by atoms with E-state index in [0.29, 0.717) is 43.7 Å². The fourth-order valence-corrected chi connectivity index (χ4v) is 5.79. The summed E-state index contributed by atoms with van der Waals surface area (Å²) in [6.45, 7) is 1.81. The molecule has 3 heterocycles. The van der Waals surface area contributed by atoms with Crippen molar-refractivity contribution in [3.8, 4) is 0 Å². The lowest BCUT2D eigenvalue weighted by Crippen LogP contribution is -2.46. The SMILES string of the molecule is O=C(c1cc(Cl)nc(Cl)c1)N1CC2(CCN(C/C=C/c3ccc(F)cc3F)CC2)c2cc(C(F)(F)F)ccc21. The van der Waals surface area contributed by atoms with Crippen LogP contribution in [0.2, 0.25) is 10.3 Å². The van der Waals surface area contributed by atoms with E-state index in [9.17, 15) is 26.7 Å². The molecule has 1 saturated heterocycles. The minimum absolute atomic E-state index is 0.0364. The number of hydrogen-bond acceptors (Lipinski definition) is 3. The molecule has 0 N–H and O–H groups in total. The Morgan fingerprint density at radius 3 is 2.33 bits per heavy atom. The summed E-state index contributed by atoms with van der Waals surface area (Å²) in [6, 6.07) is 9.60. The van der Waals surface area contributed by atoms with Crippen LogP contribution in [0.4, 0.5) is 27.6 Å². The van der Waals surface area contributed by atoms with Gasteiger partial charge >= 0.3 is 6.18 Å². The number of carbonyl (C=O) groups excluding carboxylic acids is 1. The topological polar surface area (TPSA) is 36.4 Å². The predicted molar refractivity (Wildman–Crippen MR) is 140 cm³/mol. The van der Waals surface area contributed by atoms with Crippen molar-refractivity contribution < 1.29 is 26.7 Å². The monoisotopic (exact) mass is 581 g/mol. The zero-order valence-electron chi connectivity index (χ0n) is 20.4. The third-order valence-electron chi connectivity index (χ3n) is 7.34. The van der Waals surface area contributed by atoms with E-state index in [0.717, 1.165) is 18.2 Å². The van der Waals surface area contributed by atoms with Gasteiger partial charge in [0.2, 0.25) is 0 Å². The third-order valence-corrected chi connectivity index (χ3v) is 7.73. The molecule has 0 bridgehead atoms. The average molecular weight is 582 g/mol. The second kappa shape index (κ2) is 10.5. The molecule has 1 amide bonds. The van der Waals surface area contributed by atoms with Gasteiger partial charge in [0.15, 0.2) is 0 Å². The molecule has 1 fully saturated rings. The van der Waals surface area contributed by atoms with Gasteiger partial charge in [-0.2, -0.15) is 13.2 Å².